The summed E-state index contributed by atoms with van der Waals surface area (Å²) < 4.78 is 11.5. The van der Waals surface area contributed by atoms with Crippen molar-refractivity contribution in [3.05, 3.63) is 0 Å². The molecule has 0 aromatic carbocycles. The topological polar surface area (TPSA) is 43.2 Å². The first-order valence-electron chi connectivity index (χ1n) is 8.27. The minimum Gasteiger partial charge on any atom is -0.481 e. The summed E-state index contributed by atoms with van der Waals surface area (Å²) in [4.78, 5) is 8.94. The van der Waals surface area contributed by atoms with Crippen molar-refractivity contribution in [3.63, 3.8) is 0 Å². The SMILES string of the molecule is C1CCN=C(OCCCCOC2=NCCCCC2)CC1. The van der Waals surface area contributed by atoms with Crippen molar-refractivity contribution in [2.45, 2.75) is 64.2 Å². The molecule has 20 heavy (non-hydrogen) atoms. The van der Waals surface area contributed by atoms with E-state index in [1.165, 1.54) is 38.5 Å². The lowest BCUT2D eigenvalue weighted by Crippen LogP contribution is -2.09. The Hall–Kier alpha value is -1.06. The highest BCUT2D eigenvalue weighted by molar-refractivity contribution is 5.76. The first-order valence-corrected chi connectivity index (χ1v) is 8.27. The highest BCUT2D eigenvalue weighted by Crippen LogP contribution is 2.10. The predicted molar refractivity (Wildman–Crippen MR) is 82.7 cm³/mol. The van der Waals surface area contributed by atoms with Crippen molar-refractivity contribution in [2.24, 2.45) is 9.98 Å². The summed E-state index contributed by atoms with van der Waals surface area (Å²) in [5.74, 6) is 1.94. The lowest BCUT2D eigenvalue weighted by Gasteiger charge is -2.09. The molecule has 0 aromatic rings. The van der Waals surface area contributed by atoms with Crippen LogP contribution in [0, 0.1) is 0 Å². The molecule has 0 unspecified atom stereocenters. The second kappa shape index (κ2) is 9.78. The van der Waals surface area contributed by atoms with E-state index in [4.69, 9.17) is 9.47 Å². The van der Waals surface area contributed by atoms with Gasteiger partial charge in [-0.3, -0.25) is 9.98 Å². The van der Waals surface area contributed by atoms with Crippen LogP contribution in [0.15, 0.2) is 9.98 Å². The summed E-state index contributed by atoms with van der Waals surface area (Å²) in [6, 6.07) is 0. The van der Waals surface area contributed by atoms with E-state index >= 15 is 0 Å². The molecule has 2 aliphatic heterocycles. The number of ether oxygens (including phenoxy) is 2. The standard InChI is InChI=1S/C16H28N2O2/c1-3-9-15(17-11-5-1)19-13-7-8-14-20-16-10-4-2-6-12-18-16/h1-14H2. The van der Waals surface area contributed by atoms with E-state index in [-0.39, 0.29) is 0 Å². The molecular formula is C16H28N2O2. The van der Waals surface area contributed by atoms with E-state index in [1.807, 2.05) is 0 Å². The molecule has 2 rings (SSSR count). The number of aliphatic imine (C=N–C) groups is 2. The normalized spacial score (nSPS) is 20.4. The van der Waals surface area contributed by atoms with E-state index in [0.29, 0.717) is 0 Å². The van der Waals surface area contributed by atoms with Gasteiger partial charge in [0.05, 0.1) is 13.2 Å². The average Bonchev–Trinajstić information content (AvgIpc) is 2.87. The van der Waals surface area contributed by atoms with Crippen LogP contribution in [0.1, 0.15) is 64.2 Å². The van der Waals surface area contributed by atoms with Gasteiger partial charge in [0.1, 0.15) is 0 Å². The van der Waals surface area contributed by atoms with E-state index in [1.54, 1.807) is 0 Å². The number of rotatable bonds is 5. The highest BCUT2D eigenvalue weighted by Gasteiger charge is 2.06. The van der Waals surface area contributed by atoms with Gasteiger partial charge in [0.2, 0.25) is 0 Å². The number of unbranched alkanes of at least 4 members (excludes halogenated alkanes) is 1. The maximum Gasteiger partial charge on any atom is 0.183 e. The third kappa shape index (κ3) is 6.40. The minimum absolute atomic E-state index is 0.772. The van der Waals surface area contributed by atoms with Crippen LogP contribution in [0.5, 0.6) is 0 Å². The van der Waals surface area contributed by atoms with Crippen LogP contribution in [0.2, 0.25) is 0 Å². The van der Waals surface area contributed by atoms with Crippen molar-refractivity contribution in [1.29, 1.82) is 0 Å². The largest absolute Gasteiger partial charge is 0.481 e. The van der Waals surface area contributed by atoms with Crippen LogP contribution in [0.3, 0.4) is 0 Å². The van der Waals surface area contributed by atoms with Gasteiger partial charge >= 0.3 is 0 Å². The Morgan fingerprint density at radius 1 is 0.650 bits per heavy atom. The maximum atomic E-state index is 5.74. The van der Waals surface area contributed by atoms with Crippen molar-refractivity contribution < 1.29 is 9.47 Å². The van der Waals surface area contributed by atoms with E-state index in [0.717, 1.165) is 63.8 Å². The Morgan fingerprint density at radius 3 is 1.65 bits per heavy atom. The molecule has 0 amide bonds. The number of hydrogen-bond donors (Lipinski definition) is 0. The zero-order chi connectivity index (χ0) is 13.9. The molecule has 2 heterocycles. The van der Waals surface area contributed by atoms with Gasteiger partial charge in [-0.15, -0.1) is 0 Å². The first kappa shape index (κ1) is 15.3. The summed E-state index contributed by atoms with van der Waals surface area (Å²) in [5.41, 5.74) is 0. The van der Waals surface area contributed by atoms with Crippen molar-refractivity contribution >= 4 is 11.8 Å². The van der Waals surface area contributed by atoms with E-state index in [2.05, 4.69) is 9.98 Å². The molecule has 0 aromatic heterocycles. The van der Waals surface area contributed by atoms with Gasteiger partial charge < -0.3 is 9.47 Å². The Morgan fingerprint density at radius 2 is 1.15 bits per heavy atom. The minimum atomic E-state index is 0.772. The third-order valence-corrected chi connectivity index (χ3v) is 3.75. The van der Waals surface area contributed by atoms with Crippen LogP contribution in [-0.4, -0.2) is 38.1 Å². The fourth-order valence-electron chi connectivity index (χ4n) is 2.51. The smallest absolute Gasteiger partial charge is 0.183 e. The molecule has 0 saturated carbocycles. The van der Waals surface area contributed by atoms with Crippen LogP contribution in [0.25, 0.3) is 0 Å². The zero-order valence-electron chi connectivity index (χ0n) is 12.6. The molecule has 0 atom stereocenters. The van der Waals surface area contributed by atoms with Crippen LogP contribution in [0.4, 0.5) is 0 Å². The first-order chi connectivity index (χ1) is 9.95. The second-order valence-electron chi connectivity index (χ2n) is 5.58. The van der Waals surface area contributed by atoms with Gasteiger partial charge in [-0.1, -0.05) is 12.8 Å². The summed E-state index contributed by atoms with van der Waals surface area (Å²) in [5, 5.41) is 0. The fraction of sp³-hybridized carbons (Fsp3) is 0.875. The molecule has 4 nitrogen and oxygen atoms in total. The molecule has 2 aliphatic rings. The third-order valence-electron chi connectivity index (χ3n) is 3.75. The number of nitrogens with zero attached hydrogens (tertiary/aromatic N) is 2. The molecule has 4 heteroatoms. The monoisotopic (exact) mass is 280 g/mol. The summed E-state index contributed by atoms with van der Waals surface area (Å²) >= 11 is 0. The molecule has 0 spiro atoms. The van der Waals surface area contributed by atoms with Gasteiger partial charge in [0.25, 0.3) is 0 Å². The molecule has 0 N–H and O–H groups in total. The van der Waals surface area contributed by atoms with Gasteiger partial charge in [0, 0.05) is 25.9 Å². The van der Waals surface area contributed by atoms with Gasteiger partial charge in [-0.25, -0.2) is 0 Å². The Labute approximate surface area is 122 Å². The number of hydrogen-bond acceptors (Lipinski definition) is 4. The van der Waals surface area contributed by atoms with Gasteiger partial charge in [-0.05, 0) is 38.5 Å². The molecule has 0 aliphatic carbocycles. The van der Waals surface area contributed by atoms with Crippen LogP contribution < -0.4 is 0 Å². The van der Waals surface area contributed by atoms with Gasteiger partial charge in [0.15, 0.2) is 11.8 Å². The Kier molecular flexibility index (Phi) is 7.50. The molecular weight excluding hydrogens is 252 g/mol. The quantitative estimate of drug-likeness (QED) is 0.720. The second-order valence-corrected chi connectivity index (χ2v) is 5.58. The average molecular weight is 280 g/mol. The summed E-state index contributed by atoms with van der Waals surface area (Å²) in [6.45, 7) is 3.43. The Bertz CT molecular complexity index is 294. The van der Waals surface area contributed by atoms with Crippen molar-refractivity contribution in [1.82, 2.24) is 0 Å². The summed E-state index contributed by atoms with van der Waals surface area (Å²) in [7, 11) is 0. The lowest BCUT2D eigenvalue weighted by molar-refractivity contribution is 0.245. The molecule has 114 valence electrons. The summed E-state index contributed by atoms with van der Waals surface area (Å²) in [6.07, 6.45) is 11.5. The van der Waals surface area contributed by atoms with E-state index < -0.39 is 0 Å². The molecule has 0 bridgehead atoms. The lowest BCUT2D eigenvalue weighted by atomic mass is 10.2. The highest BCUT2D eigenvalue weighted by atomic mass is 16.5. The van der Waals surface area contributed by atoms with Crippen molar-refractivity contribution in [3.8, 4) is 0 Å². The Balaban J connectivity index is 1.49. The van der Waals surface area contributed by atoms with Crippen LogP contribution in [-0.2, 0) is 9.47 Å². The maximum absolute atomic E-state index is 5.74. The fourth-order valence-corrected chi connectivity index (χ4v) is 2.51. The molecule has 0 saturated heterocycles. The van der Waals surface area contributed by atoms with E-state index in [9.17, 15) is 0 Å². The van der Waals surface area contributed by atoms with Crippen molar-refractivity contribution in [2.75, 3.05) is 26.3 Å². The zero-order valence-corrected chi connectivity index (χ0v) is 12.6. The molecule has 0 radical (unpaired) electrons. The van der Waals surface area contributed by atoms with Crippen LogP contribution >= 0.6 is 0 Å². The predicted octanol–water partition coefficient (Wildman–Crippen LogP) is 3.74. The van der Waals surface area contributed by atoms with Gasteiger partial charge in [-0.2, -0.15) is 0 Å². The molecule has 0 fully saturated rings.